The summed E-state index contributed by atoms with van der Waals surface area (Å²) in [6, 6.07) is 4.31. The highest BCUT2D eigenvalue weighted by molar-refractivity contribution is 5.55. The van der Waals surface area contributed by atoms with Gasteiger partial charge in [-0.05, 0) is 6.07 Å². The molecule has 0 unspecified atom stereocenters. The molecule has 0 aliphatic carbocycles. The van der Waals surface area contributed by atoms with Crippen LogP contribution in [0.15, 0.2) is 18.5 Å². The lowest BCUT2D eigenvalue weighted by Gasteiger charge is -2.10. The zero-order valence-corrected chi connectivity index (χ0v) is 9.12. The van der Waals surface area contributed by atoms with Crippen LogP contribution in [0.25, 0.3) is 0 Å². The largest absolute Gasteiger partial charge is 0.381 e. The molecule has 1 rings (SSSR count). The van der Waals surface area contributed by atoms with E-state index in [2.05, 4.69) is 35.5 Å². The van der Waals surface area contributed by atoms with Crippen LogP contribution in [-0.4, -0.2) is 24.1 Å². The summed E-state index contributed by atoms with van der Waals surface area (Å²) >= 11 is 0. The Bertz CT molecular complexity index is 341. The molecule has 1 aromatic heterocycles. The molecule has 0 aliphatic heterocycles. The summed E-state index contributed by atoms with van der Waals surface area (Å²) in [6.07, 6.45) is 3.30. The van der Waals surface area contributed by atoms with Gasteiger partial charge in [-0.25, -0.2) is 0 Å². The molecule has 0 saturated carbocycles. The molecule has 0 amide bonds. The predicted molar refractivity (Wildman–Crippen MR) is 60.6 cm³/mol. The normalized spacial score (nSPS) is 10.0. The van der Waals surface area contributed by atoms with Crippen LogP contribution in [0.5, 0.6) is 0 Å². The maximum atomic E-state index is 8.83. The van der Waals surface area contributed by atoms with Gasteiger partial charge in [0.15, 0.2) is 0 Å². The average Bonchev–Trinajstić information content (AvgIpc) is 2.24. The van der Waals surface area contributed by atoms with Gasteiger partial charge in [0.05, 0.1) is 17.4 Å². The van der Waals surface area contributed by atoms with E-state index in [1.54, 1.807) is 18.5 Å². The summed E-state index contributed by atoms with van der Waals surface area (Å²) in [5, 5.41) is 15.3. The summed E-state index contributed by atoms with van der Waals surface area (Å²) in [5.74, 6) is 0. The fourth-order valence-corrected chi connectivity index (χ4v) is 1.19. The average molecular weight is 204 g/mol. The Hall–Kier alpha value is -1.60. The van der Waals surface area contributed by atoms with Crippen LogP contribution in [0.3, 0.4) is 0 Å². The Labute approximate surface area is 90.3 Å². The molecular formula is C11H16N4. The van der Waals surface area contributed by atoms with Gasteiger partial charge >= 0.3 is 0 Å². The van der Waals surface area contributed by atoms with Gasteiger partial charge in [-0.1, -0.05) is 13.8 Å². The molecule has 4 nitrogen and oxygen atoms in total. The maximum absolute atomic E-state index is 8.83. The van der Waals surface area contributed by atoms with Crippen molar-refractivity contribution in [3.8, 4) is 6.07 Å². The van der Waals surface area contributed by atoms with E-state index in [4.69, 9.17) is 5.26 Å². The van der Waals surface area contributed by atoms with E-state index < -0.39 is 0 Å². The molecule has 0 fully saturated rings. The van der Waals surface area contributed by atoms with Crippen molar-refractivity contribution in [3.63, 3.8) is 0 Å². The first kappa shape index (κ1) is 11.5. The van der Waals surface area contributed by atoms with E-state index >= 15 is 0 Å². The van der Waals surface area contributed by atoms with Crippen molar-refractivity contribution >= 4 is 5.69 Å². The molecule has 0 spiro atoms. The molecule has 0 atom stereocenters. The number of hydrogen-bond donors (Lipinski definition) is 2. The Balaban J connectivity index is 2.41. The third-order valence-corrected chi connectivity index (χ3v) is 1.93. The first-order chi connectivity index (χ1) is 7.24. The van der Waals surface area contributed by atoms with Crippen LogP contribution in [0.4, 0.5) is 5.69 Å². The summed E-state index contributed by atoms with van der Waals surface area (Å²) in [6.45, 7) is 5.87. The zero-order valence-electron chi connectivity index (χ0n) is 9.12. The van der Waals surface area contributed by atoms with Crippen LogP contribution < -0.4 is 10.6 Å². The van der Waals surface area contributed by atoms with Crippen molar-refractivity contribution in [2.24, 2.45) is 0 Å². The molecule has 0 aromatic carbocycles. The van der Waals surface area contributed by atoms with Crippen molar-refractivity contribution in [1.29, 1.82) is 5.26 Å². The highest BCUT2D eigenvalue weighted by atomic mass is 15.0. The lowest BCUT2D eigenvalue weighted by Crippen LogP contribution is -2.28. The lowest BCUT2D eigenvalue weighted by molar-refractivity contribution is 0.602. The molecule has 2 N–H and O–H groups in total. The standard InChI is InChI=1S/C11H16N4/c1-9(2)14-5-6-15-11-8-13-4-3-10(11)7-12/h3-4,8-9,14-15H,5-6H2,1-2H3. The highest BCUT2D eigenvalue weighted by Gasteiger charge is 1.99. The second-order valence-corrected chi connectivity index (χ2v) is 3.57. The van der Waals surface area contributed by atoms with Gasteiger partial charge in [-0.3, -0.25) is 4.98 Å². The topological polar surface area (TPSA) is 60.7 Å². The second-order valence-electron chi connectivity index (χ2n) is 3.57. The van der Waals surface area contributed by atoms with Crippen molar-refractivity contribution in [2.75, 3.05) is 18.4 Å². The minimum atomic E-state index is 0.483. The Morgan fingerprint density at radius 2 is 2.27 bits per heavy atom. The molecule has 0 radical (unpaired) electrons. The quantitative estimate of drug-likeness (QED) is 0.711. The van der Waals surface area contributed by atoms with E-state index in [9.17, 15) is 0 Å². The van der Waals surface area contributed by atoms with E-state index in [1.807, 2.05) is 0 Å². The van der Waals surface area contributed by atoms with E-state index in [0.717, 1.165) is 18.8 Å². The monoisotopic (exact) mass is 204 g/mol. The number of hydrogen-bond acceptors (Lipinski definition) is 4. The van der Waals surface area contributed by atoms with E-state index in [1.165, 1.54) is 0 Å². The summed E-state index contributed by atoms with van der Waals surface area (Å²) < 4.78 is 0. The van der Waals surface area contributed by atoms with Crippen LogP contribution in [0, 0.1) is 11.3 Å². The van der Waals surface area contributed by atoms with Gasteiger partial charge < -0.3 is 10.6 Å². The molecule has 0 saturated heterocycles. The number of nitrogens with one attached hydrogen (secondary N) is 2. The minimum absolute atomic E-state index is 0.483. The molecule has 15 heavy (non-hydrogen) atoms. The van der Waals surface area contributed by atoms with Crippen molar-refractivity contribution in [3.05, 3.63) is 24.0 Å². The first-order valence-electron chi connectivity index (χ1n) is 5.05. The number of nitriles is 1. The van der Waals surface area contributed by atoms with Gasteiger partial charge in [0, 0.05) is 25.3 Å². The van der Waals surface area contributed by atoms with Crippen LogP contribution in [0.2, 0.25) is 0 Å². The zero-order chi connectivity index (χ0) is 11.1. The molecule has 1 aromatic rings. The van der Waals surface area contributed by atoms with Crippen LogP contribution in [-0.2, 0) is 0 Å². The van der Waals surface area contributed by atoms with Gasteiger partial charge in [0.25, 0.3) is 0 Å². The predicted octanol–water partition coefficient (Wildman–Crippen LogP) is 1.36. The first-order valence-corrected chi connectivity index (χ1v) is 5.05. The molecular weight excluding hydrogens is 188 g/mol. The van der Waals surface area contributed by atoms with Gasteiger partial charge in [0.2, 0.25) is 0 Å². The van der Waals surface area contributed by atoms with Crippen LogP contribution in [0.1, 0.15) is 19.4 Å². The highest BCUT2D eigenvalue weighted by Crippen LogP contribution is 2.10. The van der Waals surface area contributed by atoms with E-state index in [-0.39, 0.29) is 0 Å². The van der Waals surface area contributed by atoms with Crippen LogP contribution >= 0.6 is 0 Å². The van der Waals surface area contributed by atoms with Crippen molar-refractivity contribution in [1.82, 2.24) is 10.3 Å². The molecule has 0 aliphatic rings. The fourth-order valence-electron chi connectivity index (χ4n) is 1.19. The third-order valence-electron chi connectivity index (χ3n) is 1.93. The van der Waals surface area contributed by atoms with E-state index in [0.29, 0.717) is 11.6 Å². The Morgan fingerprint density at radius 3 is 2.93 bits per heavy atom. The summed E-state index contributed by atoms with van der Waals surface area (Å²) in [4.78, 5) is 3.97. The number of rotatable bonds is 5. The third kappa shape index (κ3) is 3.96. The number of anilines is 1. The molecule has 80 valence electrons. The molecule has 1 heterocycles. The fraction of sp³-hybridized carbons (Fsp3) is 0.455. The maximum Gasteiger partial charge on any atom is 0.101 e. The Kier molecular flexibility index (Phi) is 4.58. The van der Waals surface area contributed by atoms with Gasteiger partial charge in [-0.2, -0.15) is 5.26 Å². The lowest BCUT2D eigenvalue weighted by atomic mass is 10.2. The number of pyridine rings is 1. The number of aromatic nitrogens is 1. The smallest absolute Gasteiger partial charge is 0.101 e. The SMILES string of the molecule is CC(C)NCCNc1cnccc1C#N. The van der Waals surface area contributed by atoms with Gasteiger partial charge in [-0.15, -0.1) is 0 Å². The van der Waals surface area contributed by atoms with Gasteiger partial charge in [0.1, 0.15) is 6.07 Å². The molecule has 4 heteroatoms. The number of nitrogens with zero attached hydrogens (tertiary/aromatic N) is 2. The van der Waals surface area contributed by atoms with Crippen molar-refractivity contribution in [2.45, 2.75) is 19.9 Å². The summed E-state index contributed by atoms with van der Waals surface area (Å²) in [5.41, 5.74) is 1.43. The Morgan fingerprint density at radius 1 is 1.47 bits per heavy atom. The minimum Gasteiger partial charge on any atom is -0.381 e. The second kappa shape index (κ2) is 5.99. The molecule has 0 bridgehead atoms. The van der Waals surface area contributed by atoms with Crippen molar-refractivity contribution < 1.29 is 0 Å². The summed E-state index contributed by atoms with van der Waals surface area (Å²) in [7, 11) is 0.